The van der Waals surface area contributed by atoms with E-state index in [0.29, 0.717) is 5.92 Å². The van der Waals surface area contributed by atoms with Crippen LogP contribution in [0.4, 0.5) is 0 Å². The SMILES string of the molecule is CC(C)c1ccc(CSc2ncc(CO)n2C)cc1. The molecular formula is C15H20N2OS. The van der Waals surface area contributed by atoms with Gasteiger partial charge in [0.25, 0.3) is 0 Å². The minimum atomic E-state index is 0.0349. The fourth-order valence-corrected chi connectivity index (χ4v) is 2.78. The van der Waals surface area contributed by atoms with E-state index in [2.05, 4.69) is 43.1 Å². The number of aromatic nitrogens is 2. The van der Waals surface area contributed by atoms with Gasteiger partial charge in [0.1, 0.15) is 0 Å². The van der Waals surface area contributed by atoms with E-state index in [9.17, 15) is 0 Å². The lowest BCUT2D eigenvalue weighted by Gasteiger charge is -2.07. The number of thioether (sulfide) groups is 1. The van der Waals surface area contributed by atoms with Gasteiger partial charge in [0.05, 0.1) is 18.5 Å². The molecule has 0 saturated carbocycles. The molecule has 1 heterocycles. The Morgan fingerprint density at radius 1 is 1.26 bits per heavy atom. The second-order valence-electron chi connectivity index (χ2n) is 4.93. The highest BCUT2D eigenvalue weighted by molar-refractivity contribution is 7.98. The zero-order valence-electron chi connectivity index (χ0n) is 11.6. The highest BCUT2D eigenvalue weighted by Crippen LogP contribution is 2.23. The predicted octanol–water partition coefficient (Wildman–Crippen LogP) is 3.33. The highest BCUT2D eigenvalue weighted by atomic mass is 32.2. The topological polar surface area (TPSA) is 38.1 Å². The van der Waals surface area contributed by atoms with Gasteiger partial charge in [0, 0.05) is 12.8 Å². The third-order valence-corrected chi connectivity index (χ3v) is 4.33. The van der Waals surface area contributed by atoms with Crippen LogP contribution < -0.4 is 0 Å². The largest absolute Gasteiger partial charge is 0.390 e. The third-order valence-electron chi connectivity index (χ3n) is 3.22. The molecule has 0 bridgehead atoms. The molecule has 1 N–H and O–H groups in total. The molecule has 0 unspecified atom stereocenters. The number of hydrogen-bond acceptors (Lipinski definition) is 3. The maximum absolute atomic E-state index is 9.13. The Kier molecular flexibility index (Phi) is 4.66. The Hall–Kier alpha value is -1.26. The number of imidazole rings is 1. The van der Waals surface area contributed by atoms with Gasteiger partial charge < -0.3 is 9.67 Å². The monoisotopic (exact) mass is 276 g/mol. The number of nitrogens with zero attached hydrogens (tertiary/aromatic N) is 2. The van der Waals surface area contributed by atoms with Crippen LogP contribution in [0.25, 0.3) is 0 Å². The van der Waals surface area contributed by atoms with E-state index < -0.39 is 0 Å². The quantitative estimate of drug-likeness (QED) is 0.851. The Balaban J connectivity index is 2.00. The molecule has 2 rings (SSSR count). The van der Waals surface area contributed by atoms with Gasteiger partial charge >= 0.3 is 0 Å². The van der Waals surface area contributed by atoms with Crippen LogP contribution in [0.3, 0.4) is 0 Å². The van der Waals surface area contributed by atoms with Crippen molar-refractivity contribution in [3.05, 3.63) is 47.3 Å². The normalized spacial score (nSPS) is 11.2. The van der Waals surface area contributed by atoms with Gasteiger partial charge in [-0.1, -0.05) is 49.9 Å². The summed E-state index contributed by atoms with van der Waals surface area (Å²) in [5.74, 6) is 1.47. The van der Waals surface area contributed by atoms with Gasteiger partial charge in [-0.2, -0.15) is 0 Å². The highest BCUT2D eigenvalue weighted by Gasteiger charge is 2.06. The number of aliphatic hydroxyl groups excluding tert-OH is 1. The van der Waals surface area contributed by atoms with Crippen molar-refractivity contribution in [1.82, 2.24) is 9.55 Å². The summed E-state index contributed by atoms with van der Waals surface area (Å²) >= 11 is 1.69. The minimum Gasteiger partial charge on any atom is -0.390 e. The summed E-state index contributed by atoms with van der Waals surface area (Å²) < 4.78 is 1.94. The van der Waals surface area contributed by atoms with Crippen molar-refractivity contribution in [2.45, 2.75) is 37.3 Å². The van der Waals surface area contributed by atoms with Crippen LogP contribution in [0.1, 0.15) is 36.6 Å². The standard InChI is InChI=1S/C15H20N2OS/c1-11(2)13-6-4-12(5-7-13)10-19-15-16-8-14(9-18)17(15)3/h4-8,11,18H,9-10H2,1-3H3. The van der Waals surface area contributed by atoms with Crippen LogP contribution in [-0.4, -0.2) is 14.7 Å². The van der Waals surface area contributed by atoms with Crippen LogP contribution in [0, 0.1) is 0 Å². The minimum absolute atomic E-state index is 0.0349. The summed E-state index contributed by atoms with van der Waals surface area (Å²) in [6.45, 7) is 4.44. The molecule has 4 heteroatoms. The summed E-state index contributed by atoms with van der Waals surface area (Å²) in [7, 11) is 1.93. The second-order valence-corrected chi connectivity index (χ2v) is 5.88. The molecular weight excluding hydrogens is 256 g/mol. The first kappa shape index (κ1) is 14.2. The Bertz CT molecular complexity index is 532. The maximum Gasteiger partial charge on any atom is 0.168 e. The van der Waals surface area contributed by atoms with Crippen molar-refractivity contribution in [2.75, 3.05) is 0 Å². The summed E-state index contributed by atoms with van der Waals surface area (Å²) in [5, 5.41) is 10.1. The van der Waals surface area contributed by atoms with Crippen molar-refractivity contribution in [2.24, 2.45) is 7.05 Å². The number of hydrogen-bond donors (Lipinski definition) is 1. The van der Waals surface area contributed by atoms with Gasteiger partial charge in [0.2, 0.25) is 0 Å². The van der Waals surface area contributed by atoms with Crippen molar-refractivity contribution in [3.8, 4) is 0 Å². The second kappa shape index (κ2) is 6.26. The molecule has 1 aromatic carbocycles. The van der Waals surface area contributed by atoms with E-state index in [1.54, 1.807) is 18.0 Å². The molecule has 0 fully saturated rings. The van der Waals surface area contributed by atoms with Crippen molar-refractivity contribution in [3.63, 3.8) is 0 Å². The number of aliphatic hydroxyl groups is 1. The third kappa shape index (κ3) is 3.39. The van der Waals surface area contributed by atoms with Crippen molar-refractivity contribution < 1.29 is 5.11 Å². The molecule has 0 radical (unpaired) electrons. The Morgan fingerprint density at radius 2 is 1.95 bits per heavy atom. The first-order valence-corrected chi connectivity index (χ1v) is 7.43. The molecule has 0 spiro atoms. The Labute approximate surface area is 118 Å². The van der Waals surface area contributed by atoms with Crippen molar-refractivity contribution >= 4 is 11.8 Å². The maximum atomic E-state index is 9.13. The summed E-state index contributed by atoms with van der Waals surface area (Å²) in [6.07, 6.45) is 1.73. The number of rotatable bonds is 5. The predicted molar refractivity (Wildman–Crippen MR) is 79.2 cm³/mol. The van der Waals surface area contributed by atoms with Crippen LogP contribution in [0.2, 0.25) is 0 Å². The van der Waals surface area contributed by atoms with E-state index in [1.165, 1.54) is 11.1 Å². The lowest BCUT2D eigenvalue weighted by molar-refractivity contribution is 0.271. The van der Waals surface area contributed by atoms with Gasteiger partial charge in [-0.3, -0.25) is 0 Å². The molecule has 19 heavy (non-hydrogen) atoms. The van der Waals surface area contributed by atoms with Gasteiger partial charge in [-0.05, 0) is 17.0 Å². The van der Waals surface area contributed by atoms with Crippen LogP contribution in [0.15, 0.2) is 35.6 Å². The average molecular weight is 276 g/mol. The smallest absolute Gasteiger partial charge is 0.168 e. The number of benzene rings is 1. The van der Waals surface area contributed by atoms with Crippen LogP contribution in [0.5, 0.6) is 0 Å². The van der Waals surface area contributed by atoms with E-state index in [1.807, 2.05) is 11.6 Å². The lowest BCUT2D eigenvalue weighted by atomic mass is 10.0. The van der Waals surface area contributed by atoms with Crippen LogP contribution in [-0.2, 0) is 19.4 Å². The summed E-state index contributed by atoms with van der Waals surface area (Å²) in [5.41, 5.74) is 3.51. The fourth-order valence-electron chi connectivity index (χ4n) is 1.85. The first-order chi connectivity index (χ1) is 9.11. The van der Waals surface area contributed by atoms with Crippen molar-refractivity contribution in [1.29, 1.82) is 0 Å². The molecule has 0 aliphatic heterocycles. The molecule has 0 aliphatic rings. The average Bonchev–Trinajstić information content (AvgIpc) is 2.77. The molecule has 102 valence electrons. The molecule has 1 aromatic heterocycles. The zero-order valence-corrected chi connectivity index (χ0v) is 12.4. The van der Waals surface area contributed by atoms with Gasteiger partial charge in [-0.15, -0.1) is 0 Å². The molecule has 0 atom stereocenters. The summed E-state index contributed by atoms with van der Waals surface area (Å²) in [4.78, 5) is 4.31. The molecule has 0 aliphatic carbocycles. The molecule has 0 amide bonds. The zero-order chi connectivity index (χ0) is 13.8. The first-order valence-electron chi connectivity index (χ1n) is 6.45. The van der Waals surface area contributed by atoms with Gasteiger partial charge in [0.15, 0.2) is 5.16 Å². The Morgan fingerprint density at radius 3 is 2.47 bits per heavy atom. The van der Waals surface area contributed by atoms with Crippen LogP contribution >= 0.6 is 11.8 Å². The molecule has 2 aromatic rings. The van der Waals surface area contributed by atoms with Gasteiger partial charge in [-0.25, -0.2) is 4.98 Å². The van der Waals surface area contributed by atoms with E-state index >= 15 is 0 Å². The molecule has 0 saturated heterocycles. The van der Waals surface area contributed by atoms with E-state index in [4.69, 9.17) is 5.11 Å². The van der Waals surface area contributed by atoms with E-state index in [0.717, 1.165) is 16.6 Å². The lowest BCUT2D eigenvalue weighted by Crippen LogP contribution is -1.97. The molecule has 3 nitrogen and oxygen atoms in total. The van der Waals surface area contributed by atoms with E-state index in [-0.39, 0.29) is 6.61 Å². The summed E-state index contributed by atoms with van der Waals surface area (Å²) in [6, 6.07) is 8.74. The fraction of sp³-hybridized carbons (Fsp3) is 0.400.